The van der Waals surface area contributed by atoms with Crippen LogP contribution in [0.2, 0.25) is 13.6 Å². The van der Waals surface area contributed by atoms with E-state index in [1.807, 2.05) is 260 Å². The van der Waals surface area contributed by atoms with E-state index >= 15 is 0 Å². The first kappa shape index (κ1) is 101. The molecule has 4 aromatic rings. The van der Waals surface area contributed by atoms with Gasteiger partial charge < -0.3 is 19.7 Å². The number of hydrogen-bond acceptors (Lipinski definition) is 8. The Labute approximate surface area is 532 Å². The van der Waals surface area contributed by atoms with Gasteiger partial charge in [0.1, 0.15) is 0 Å². The minimum atomic E-state index is -0.384. The molecule has 2 aromatic heterocycles. The van der Waals surface area contributed by atoms with E-state index in [-0.39, 0.29) is 26.2 Å². The van der Waals surface area contributed by atoms with Crippen LogP contribution in [0.3, 0.4) is 0 Å². The first-order valence-corrected chi connectivity index (χ1v) is 35.0. The SMILES string of the molecule is CB(O)N1CCN(C2c3ccccc3C(Br)=Cc3cccnc32)CC1.CB(O)N1CCN(C2c3ccccc3C=C(Br)c3cccnc32)CC1.CC.CC.CC.CC.CC.CC.CC.CC.CC.CC.CC.CC.CC.CC.CC.CC. The van der Waals surface area contributed by atoms with Crippen molar-refractivity contribution < 1.29 is 10.0 Å². The summed E-state index contributed by atoms with van der Waals surface area (Å²) in [6, 6.07) is 25.7. The lowest BCUT2D eigenvalue weighted by Crippen LogP contribution is -2.52. The van der Waals surface area contributed by atoms with Gasteiger partial charge in [0.25, 0.3) is 0 Å². The second-order valence-corrected chi connectivity index (χ2v) is 15.0. The van der Waals surface area contributed by atoms with Crippen LogP contribution in [0.4, 0.5) is 0 Å². The Bertz CT molecular complexity index is 1750. The zero-order chi connectivity index (χ0) is 66.8. The van der Waals surface area contributed by atoms with Gasteiger partial charge in [0.2, 0.25) is 0 Å². The fraction of sp³-hybridized carbons (Fsp3) is 0.629. The topological polar surface area (TPSA) is 79.2 Å². The first-order valence-electron chi connectivity index (χ1n) is 33.5. The van der Waals surface area contributed by atoms with Gasteiger partial charge in [-0.1, -0.05) is 314 Å². The number of aromatic nitrogens is 2. The van der Waals surface area contributed by atoms with Crippen molar-refractivity contribution in [2.45, 2.75) is 247 Å². The van der Waals surface area contributed by atoms with Crippen LogP contribution < -0.4 is 0 Å². The van der Waals surface area contributed by atoms with Crippen molar-refractivity contribution in [3.8, 4) is 0 Å². The van der Waals surface area contributed by atoms with E-state index in [0.717, 1.165) is 83.8 Å². The number of hydrogen-bond donors (Lipinski definition) is 2. The summed E-state index contributed by atoms with van der Waals surface area (Å²) < 4.78 is 2.18. The monoisotopic (exact) mass is 1270 g/mol. The van der Waals surface area contributed by atoms with E-state index in [0.29, 0.717) is 0 Å². The van der Waals surface area contributed by atoms with Gasteiger partial charge in [-0.05, 0) is 65.7 Å². The van der Waals surface area contributed by atoms with Crippen molar-refractivity contribution in [3.05, 3.63) is 130 Å². The second-order valence-electron chi connectivity index (χ2n) is 13.3. The van der Waals surface area contributed by atoms with Gasteiger partial charge in [-0.3, -0.25) is 19.8 Å². The van der Waals surface area contributed by atoms with E-state index in [1.165, 1.54) is 22.3 Å². The Kier molecular flexibility index (Phi) is 96.2. The summed E-state index contributed by atoms with van der Waals surface area (Å²) in [6.07, 6.45) is 8.13. The van der Waals surface area contributed by atoms with Crippen molar-refractivity contribution >= 4 is 67.1 Å². The molecule has 2 unspecified atom stereocenters. The molecule has 2 aromatic carbocycles. The summed E-state index contributed by atoms with van der Waals surface area (Å²) in [5, 5.41) is 19.7. The highest BCUT2D eigenvalue weighted by molar-refractivity contribution is 9.15. The molecule has 8 nitrogen and oxygen atoms in total. The van der Waals surface area contributed by atoms with E-state index < -0.39 is 0 Å². The molecule has 82 heavy (non-hydrogen) atoms. The summed E-state index contributed by atoms with van der Waals surface area (Å²) in [5.41, 5.74) is 9.56. The average molecular weight is 1280 g/mol. The van der Waals surface area contributed by atoms with Crippen LogP contribution in [0.5, 0.6) is 0 Å². The standard InChI is InChI=1S/2C19H21BBrN3O.16C2H6/c1-20(25)24-11-9-23(10-12-24)19-16-7-3-2-6-15(16)17(21)13-14-5-4-8-22-18(14)19;1-20(25)24-11-9-23(10-12-24)19-15-6-3-2-5-14(15)13-17(21)16-7-4-8-22-18(16)19;16*1-2/h2*2-8,13,19,25H,9-12H2,1H3;16*1-2H3. The molecule has 2 fully saturated rings. The zero-order valence-corrected chi connectivity index (χ0v) is 63.7. The highest BCUT2D eigenvalue weighted by Crippen LogP contribution is 2.42. The van der Waals surface area contributed by atoms with Crippen LogP contribution >= 0.6 is 31.9 Å². The lowest BCUT2D eigenvalue weighted by molar-refractivity contribution is 0.144. The summed E-state index contributed by atoms with van der Waals surface area (Å²) in [7, 11) is -0.769. The molecule has 0 spiro atoms. The Balaban J connectivity index is -0.000000106. The molecule has 2 atom stereocenters. The fourth-order valence-corrected chi connectivity index (χ4v) is 8.85. The molecule has 8 rings (SSSR count). The third-order valence-corrected chi connectivity index (χ3v) is 11.6. The number of benzene rings is 2. The maximum atomic E-state index is 9.85. The van der Waals surface area contributed by atoms with Gasteiger partial charge >= 0.3 is 14.1 Å². The van der Waals surface area contributed by atoms with Crippen molar-refractivity contribution in [1.29, 1.82) is 0 Å². The summed E-state index contributed by atoms with van der Waals surface area (Å²) in [4.78, 5) is 18.7. The molecule has 0 bridgehead atoms. The molecule has 4 aliphatic rings. The van der Waals surface area contributed by atoms with Crippen molar-refractivity contribution in [1.82, 2.24) is 29.4 Å². The van der Waals surface area contributed by atoms with E-state index in [1.54, 1.807) is 0 Å². The molecular weight excluding hydrogens is 1140 g/mol. The molecule has 0 amide bonds. The summed E-state index contributed by atoms with van der Waals surface area (Å²) >= 11 is 7.51. The van der Waals surface area contributed by atoms with Crippen molar-refractivity contribution in [3.63, 3.8) is 0 Å². The number of piperazine rings is 2. The highest BCUT2D eigenvalue weighted by atomic mass is 79.9. The van der Waals surface area contributed by atoms with Crippen LogP contribution in [-0.4, -0.2) is 106 Å². The smallest absolute Gasteiger partial charge is 0.376 e. The summed E-state index contributed by atoms with van der Waals surface area (Å²) in [5.74, 6) is 0. The lowest BCUT2D eigenvalue weighted by atomic mass is 9.84. The Morgan fingerprint density at radius 1 is 0.354 bits per heavy atom. The van der Waals surface area contributed by atoms with Crippen LogP contribution in [-0.2, 0) is 0 Å². The van der Waals surface area contributed by atoms with Crippen LogP contribution in [0, 0.1) is 0 Å². The van der Waals surface area contributed by atoms with Crippen LogP contribution in [0.25, 0.3) is 21.1 Å². The minimum absolute atomic E-state index is 0.134. The number of pyridine rings is 2. The highest BCUT2D eigenvalue weighted by Gasteiger charge is 2.35. The molecule has 2 aliphatic carbocycles. The molecular formula is C70H138B2Br2N6O2. The van der Waals surface area contributed by atoms with Gasteiger partial charge in [0.15, 0.2) is 0 Å². The maximum absolute atomic E-state index is 9.85. The Morgan fingerprint density at radius 3 is 1.02 bits per heavy atom. The second kappa shape index (κ2) is 78.1. The molecule has 480 valence electrons. The number of nitrogens with zero attached hydrogens (tertiary/aromatic N) is 6. The molecule has 4 heterocycles. The lowest BCUT2D eigenvalue weighted by Gasteiger charge is -2.40. The minimum Gasteiger partial charge on any atom is -0.437 e. The zero-order valence-electron chi connectivity index (χ0n) is 60.5. The predicted molar refractivity (Wildman–Crippen MR) is 394 cm³/mol. The van der Waals surface area contributed by atoms with Crippen molar-refractivity contribution in [2.24, 2.45) is 0 Å². The number of rotatable bonds is 4. The van der Waals surface area contributed by atoms with Gasteiger partial charge in [-0.15, -0.1) is 0 Å². The third kappa shape index (κ3) is 37.5. The van der Waals surface area contributed by atoms with Crippen molar-refractivity contribution in [2.75, 3.05) is 52.4 Å². The van der Waals surface area contributed by atoms with Gasteiger partial charge in [0, 0.05) is 79.3 Å². The van der Waals surface area contributed by atoms with E-state index in [9.17, 15) is 10.0 Å². The average Bonchev–Trinajstić information content (AvgIpc) is 3.82. The molecule has 2 N–H and O–H groups in total. The van der Waals surface area contributed by atoms with Crippen LogP contribution in [0.1, 0.15) is 278 Å². The normalized spacial score (nSPS) is 14.0. The van der Waals surface area contributed by atoms with E-state index in [2.05, 4.69) is 124 Å². The van der Waals surface area contributed by atoms with Gasteiger partial charge in [0.05, 0.1) is 23.5 Å². The molecule has 2 saturated heterocycles. The Hall–Kier alpha value is -2.93. The van der Waals surface area contributed by atoms with Gasteiger partial charge in [-0.2, -0.15) is 0 Å². The molecule has 0 saturated carbocycles. The molecule has 0 radical (unpaired) electrons. The predicted octanol–water partition coefficient (Wildman–Crippen LogP) is 22.6. The quantitative estimate of drug-likeness (QED) is 0.196. The number of fused-ring (bicyclic) bond motifs is 4. The number of halogens is 2. The van der Waals surface area contributed by atoms with Crippen LogP contribution in [0.15, 0.2) is 85.2 Å². The summed E-state index contributed by atoms with van der Waals surface area (Å²) in [6.45, 7) is 74.8. The largest absolute Gasteiger partial charge is 0.437 e. The molecule has 2 aliphatic heterocycles. The third-order valence-electron chi connectivity index (χ3n) is 10.3. The fourth-order valence-electron chi connectivity index (χ4n) is 7.66. The maximum Gasteiger partial charge on any atom is 0.376 e. The molecule has 12 heteroatoms. The first-order chi connectivity index (χ1) is 40.3. The van der Waals surface area contributed by atoms with Gasteiger partial charge in [-0.25, -0.2) is 0 Å². The Morgan fingerprint density at radius 2 is 0.634 bits per heavy atom. The van der Waals surface area contributed by atoms with E-state index in [4.69, 9.17) is 9.97 Å².